The summed E-state index contributed by atoms with van der Waals surface area (Å²) in [5.41, 5.74) is 3.90. The Bertz CT molecular complexity index is 530. The molecule has 0 saturated heterocycles. The maximum absolute atomic E-state index is 12.7. The van der Waals surface area contributed by atoms with Crippen molar-refractivity contribution < 1.29 is 4.79 Å². The summed E-state index contributed by atoms with van der Waals surface area (Å²) in [6.45, 7) is 8.91. The summed E-state index contributed by atoms with van der Waals surface area (Å²) in [6.07, 6.45) is 11.1. The van der Waals surface area contributed by atoms with E-state index in [0.29, 0.717) is 11.7 Å². The monoisotopic (exact) mass is 256 g/mol. The molecule has 19 heavy (non-hydrogen) atoms. The van der Waals surface area contributed by atoms with Crippen molar-refractivity contribution in [3.8, 4) is 0 Å². The summed E-state index contributed by atoms with van der Waals surface area (Å²) >= 11 is 0. The molecule has 0 heterocycles. The normalized spacial score (nSPS) is 38.6. The Balaban J connectivity index is 1.98. The van der Waals surface area contributed by atoms with Gasteiger partial charge in [0.05, 0.1) is 0 Å². The second kappa shape index (κ2) is 3.94. The number of fused-ring (bicyclic) bond motifs is 2. The van der Waals surface area contributed by atoms with Gasteiger partial charge < -0.3 is 0 Å². The van der Waals surface area contributed by atoms with Crippen molar-refractivity contribution in [2.75, 3.05) is 0 Å². The molecule has 0 N–H and O–H groups in total. The molecule has 102 valence electrons. The quantitative estimate of drug-likeness (QED) is 0.626. The van der Waals surface area contributed by atoms with Crippen LogP contribution < -0.4 is 0 Å². The summed E-state index contributed by atoms with van der Waals surface area (Å²) in [5.74, 6) is 0.888. The van der Waals surface area contributed by atoms with Crippen LogP contribution in [0.2, 0.25) is 0 Å². The SMILES string of the molecule is CC1=CC=C(/C=C2/C(=O)C3(C)CCC2C3(C)C)CC1. The Kier molecular flexibility index (Phi) is 2.68. The lowest BCUT2D eigenvalue weighted by molar-refractivity contribution is -0.125. The molecule has 0 aromatic heterocycles. The molecular weight excluding hydrogens is 232 g/mol. The fourth-order valence-electron chi connectivity index (χ4n) is 4.17. The van der Waals surface area contributed by atoms with E-state index in [1.165, 1.54) is 17.6 Å². The first-order chi connectivity index (χ1) is 8.86. The predicted octanol–water partition coefficient (Wildman–Crippen LogP) is 4.60. The summed E-state index contributed by atoms with van der Waals surface area (Å²) in [4.78, 5) is 12.7. The number of ketones is 1. The minimum Gasteiger partial charge on any atom is -0.294 e. The van der Waals surface area contributed by atoms with Crippen molar-refractivity contribution in [2.45, 2.75) is 53.4 Å². The number of Topliss-reactive ketones (excluding diaryl/α,β-unsaturated/α-hetero) is 1. The summed E-state index contributed by atoms with van der Waals surface area (Å²) in [6, 6.07) is 0. The molecule has 2 atom stereocenters. The molecule has 0 radical (unpaired) electrons. The highest BCUT2D eigenvalue weighted by atomic mass is 16.1. The Hall–Kier alpha value is -1.11. The molecule has 0 aromatic carbocycles. The van der Waals surface area contributed by atoms with E-state index in [1.54, 1.807) is 0 Å². The Morgan fingerprint density at radius 3 is 2.47 bits per heavy atom. The maximum atomic E-state index is 12.7. The standard InChI is InChI=1S/C18H24O/c1-12-5-7-13(8-6-12)11-14-15-9-10-18(4,16(14)19)17(15,2)3/h5,7,11,15H,6,8-10H2,1-4H3/b14-11+. The molecule has 2 saturated carbocycles. The largest absolute Gasteiger partial charge is 0.294 e. The third-order valence-corrected chi connectivity index (χ3v) is 6.10. The van der Waals surface area contributed by atoms with Gasteiger partial charge in [-0.3, -0.25) is 4.79 Å². The molecule has 1 heteroatoms. The van der Waals surface area contributed by atoms with Gasteiger partial charge in [-0.1, -0.05) is 44.6 Å². The third kappa shape index (κ3) is 1.63. The number of carbonyl (C=O) groups excluding carboxylic acids is 1. The first-order valence-corrected chi connectivity index (χ1v) is 7.49. The van der Waals surface area contributed by atoms with Crippen molar-refractivity contribution in [1.29, 1.82) is 0 Å². The average molecular weight is 256 g/mol. The maximum Gasteiger partial charge on any atom is 0.165 e. The number of allylic oxidation sites excluding steroid dienone is 6. The Labute approximate surface area is 116 Å². The Morgan fingerprint density at radius 2 is 1.95 bits per heavy atom. The molecule has 0 aromatic rings. The van der Waals surface area contributed by atoms with Crippen LogP contribution in [0.5, 0.6) is 0 Å². The number of hydrogen-bond acceptors (Lipinski definition) is 1. The summed E-state index contributed by atoms with van der Waals surface area (Å²) in [5, 5.41) is 0. The lowest BCUT2D eigenvalue weighted by Crippen LogP contribution is -2.32. The van der Waals surface area contributed by atoms with Gasteiger partial charge >= 0.3 is 0 Å². The highest BCUT2D eigenvalue weighted by Gasteiger charge is 2.63. The summed E-state index contributed by atoms with van der Waals surface area (Å²) in [7, 11) is 0. The highest BCUT2D eigenvalue weighted by molar-refractivity contribution is 6.05. The topological polar surface area (TPSA) is 17.1 Å². The van der Waals surface area contributed by atoms with E-state index < -0.39 is 0 Å². The van der Waals surface area contributed by atoms with Crippen LogP contribution in [0.15, 0.2) is 34.9 Å². The third-order valence-electron chi connectivity index (χ3n) is 6.10. The van der Waals surface area contributed by atoms with Crippen LogP contribution in [-0.2, 0) is 4.79 Å². The lowest BCUT2D eigenvalue weighted by Gasteiger charge is -2.31. The number of carbonyl (C=O) groups is 1. The van der Waals surface area contributed by atoms with E-state index in [2.05, 4.69) is 45.9 Å². The highest BCUT2D eigenvalue weighted by Crippen LogP contribution is 2.65. The van der Waals surface area contributed by atoms with E-state index in [4.69, 9.17) is 0 Å². The first kappa shape index (κ1) is 12.9. The predicted molar refractivity (Wildman–Crippen MR) is 78.8 cm³/mol. The van der Waals surface area contributed by atoms with Crippen molar-refractivity contribution >= 4 is 5.78 Å². The van der Waals surface area contributed by atoms with Gasteiger partial charge in [-0.2, -0.15) is 0 Å². The van der Waals surface area contributed by atoms with E-state index in [0.717, 1.165) is 24.8 Å². The van der Waals surface area contributed by atoms with Gasteiger partial charge in [0.25, 0.3) is 0 Å². The van der Waals surface area contributed by atoms with Gasteiger partial charge in [0.1, 0.15) is 0 Å². The van der Waals surface area contributed by atoms with Crippen LogP contribution >= 0.6 is 0 Å². The van der Waals surface area contributed by atoms with Crippen LogP contribution in [0.4, 0.5) is 0 Å². The zero-order valence-corrected chi connectivity index (χ0v) is 12.5. The van der Waals surface area contributed by atoms with Crippen molar-refractivity contribution in [3.63, 3.8) is 0 Å². The van der Waals surface area contributed by atoms with Crippen molar-refractivity contribution in [3.05, 3.63) is 34.9 Å². The van der Waals surface area contributed by atoms with Crippen LogP contribution in [0.25, 0.3) is 0 Å². The van der Waals surface area contributed by atoms with Crippen LogP contribution in [-0.4, -0.2) is 5.78 Å². The Morgan fingerprint density at radius 1 is 1.21 bits per heavy atom. The molecule has 3 aliphatic carbocycles. The molecule has 3 rings (SSSR count). The van der Waals surface area contributed by atoms with Crippen LogP contribution in [0, 0.1) is 16.7 Å². The smallest absolute Gasteiger partial charge is 0.165 e. The van der Waals surface area contributed by atoms with Gasteiger partial charge in [0.15, 0.2) is 5.78 Å². The molecular formula is C18H24O. The summed E-state index contributed by atoms with van der Waals surface area (Å²) < 4.78 is 0. The van der Waals surface area contributed by atoms with E-state index in [9.17, 15) is 4.79 Å². The fraction of sp³-hybridized carbons (Fsp3) is 0.611. The zero-order chi connectivity index (χ0) is 13.8. The van der Waals surface area contributed by atoms with E-state index in [1.807, 2.05) is 0 Å². The molecule has 2 fully saturated rings. The second-order valence-electron chi connectivity index (χ2n) is 7.33. The number of rotatable bonds is 1. The molecule has 0 spiro atoms. The number of hydrogen-bond donors (Lipinski definition) is 0. The molecule has 2 unspecified atom stereocenters. The first-order valence-electron chi connectivity index (χ1n) is 7.49. The fourth-order valence-corrected chi connectivity index (χ4v) is 4.17. The molecule has 1 nitrogen and oxygen atoms in total. The zero-order valence-electron chi connectivity index (χ0n) is 12.5. The second-order valence-corrected chi connectivity index (χ2v) is 7.33. The van der Waals surface area contributed by atoms with Gasteiger partial charge in [-0.25, -0.2) is 0 Å². The minimum atomic E-state index is -0.121. The minimum absolute atomic E-state index is 0.121. The van der Waals surface area contributed by atoms with Crippen molar-refractivity contribution in [2.24, 2.45) is 16.7 Å². The molecule has 0 aliphatic heterocycles. The molecule has 2 bridgehead atoms. The lowest BCUT2D eigenvalue weighted by atomic mass is 9.70. The van der Waals surface area contributed by atoms with Gasteiger partial charge in [0, 0.05) is 5.41 Å². The van der Waals surface area contributed by atoms with E-state index in [-0.39, 0.29) is 10.8 Å². The molecule has 0 amide bonds. The average Bonchev–Trinajstić information content (AvgIpc) is 2.66. The van der Waals surface area contributed by atoms with Crippen LogP contribution in [0.3, 0.4) is 0 Å². The van der Waals surface area contributed by atoms with Gasteiger partial charge in [-0.05, 0) is 55.1 Å². The van der Waals surface area contributed by atoms with E-state index >= 15 is 0 Å². The van der Waals surface area contributed by atoms with Gasteiger partial charge in [-0.15, -0.1) is 0 Å². The molecule has 3 aliphatic rings. The van der Waals surface area contributed by atoms with Crippen LogP contribution in [0.1, 0.15) is 53.4 Å². The van der Waals surface area contributed by atoms with Gasteiger partial charge in [0.2, 0.25) is 0 Å². The van der Waals surface area contributed by atoms with Crippen molar-refractivity contribution in [1.82, 2.24) is 0 Å².